The number of aromatic nitrogens is 5. The van der Waals surface area contributed by atoms with Gasteiger partial charge < -0.3 is 24.4 Å². The van der Waals surface area contributed by atoms with Gasteiger partial charge in [0.1, 0.15) is 5.75 Å². The van der Waals surface area contributed by atoms with Crippen LogP contribution in [0, 0.1) is 6.92 Å². The summed E-state index contributed by atoms with van der Waals surface area (Å²) >= 11 is 0. The van der Waals surface area contributed by atoms with Gasteiger partial charge in [0.2, 0.25) is 0 Å². The van der Waals surface area contributed by atoms with Crippen LogP contribution in [0.3, 0.4) is 0 Å². The number of amides is 2. The van der Waals surface area contributed by atoms with Gasteiger partial charge >= 0.3 is 6.18 Å². The first-order chi connectivity index (χ1) is 23.9. The van der Waals surface area contributed by atoms with Gasteiger partial charge in [0.05, 0.1) is 30.2 Å². The maximum Gasteiger partial charge on any atom is 0.435 e. The van der Waals surface area contributed by atoms with Gasteiger partial charge in [-0.15, -0.1) is 0 Å². The molecule has 1 fully saturated rings. The molecule has 0 bridgehead atoms. The van der Waals surface area contributed by atoms with Crippen LogP contribution in [0.25, 0.3) is 22.0 Å². The number of alkyl halides is 3. The lowest BCUT2D eigenvalue weighted by atomic mass is 9.87. The molecule has 14 heteroatoms. The van der Waals surface area contributed by atoms with Crippen molar-refractivity contribution in [2.24, 2.45) is 7.05 Å². The van der Waals surface area contributed by atoms with Crippen molar-refractivity contribution >= 4 is 28.4 Å². The number of methoxy groups -OCH3 is 1. The Morgan fingerprint density at radius 1 is 1.04 bits per heavy atom. The van der Waals surface area contributed by atoms with Gasteiger partial charge in [-0.1, -0.05) is 0 Å². The zero-order chi connectivity index (χ0) is 35.3. The Kier molecular flexibility index (Phi) is 8.58. The summed E-state index contributed by atoms with van der Waals surface area (Å²) in [6.45, 7) is 4.05. The van der Waals surface area contributed by atoms with Gasteiger partial charge in [-0.3, -0.25) is 19.3 Å². The molecule has 0 radical (unpaired) electrons. The summed E-state index contributed by atoms with van der Waals surface area (Å²) in [5.74, 6) is -0.207. The first-order valence-corrected chi connectivity index (χ1v) is 16.4. The average molecular weight is 687 g/mol. The highest BCUT2D eigenvalue weighted by molar-refractivity contribution is 6.15. The standard InChI is InChI=1S/C36H37F3N8O3/c1-21-13-31(28-16-24(50-4)17-29(32(28)41-21)34(48)42-23-5-9-44(2)10-6-23)47-11-7-25-26(30-19-45(3)43-33(30)36(37,38)39)14-22(15-27(25)35(47)49)18-46-12-8-40-20-46/h8,12-17,19-20,23H,5-7,9-11,18H2,1-4H3,(H,42,48). The Morgan fingerprint density at radius 3 is 2.50 bits per heavy atom. The lowest BCUT2D eigenvalue weighted by Gasteiger charge is -2.32. The molecule has 260 valence electrons. The molecular formula is C36H37F3N8O3. The second kappa shape index (κ2) is 12.9. The molecule has 0 aliphatic carbocycles. The first-order valence-electron chi connectivity index (χ1n) is 16.4. The molecule has 50 heavy (non-hydrogen) atoms. The van der Waals surface area contributed by atoms with Gasteiger partial charge in [-0.25, -0.2) is 4.98 Å². The van der Waals surface area contributed by atoms with Gasteiger partial charge in [-0.2, -0.15) is 18.3 Å². The summed E-state index contributed by atoms with van der Waals surface area (Å²) in [7, 11) is 5.02. The number of halogens is 3. The van der Waals surface area contributed by atoms with Gasteiger partial charge in [0.25, 0.3) is 11.8 Å². The smallest absolute Gasteiger partial charge is 0.435 e. The lowest BCUT2D eigenvalue weighted by Crippen LogP contribution is -2.43. The highest BCUT2D eigenvalue weighted by atomic mass is 19.4. The van der Waals surface area contributed by atoms with E-state index in [1.165, 1.54) is 20.4 Å². The van der Waals surface area contributed by atoms with Crippen molar-refractivity contribution in [3.8, 4) is 16.9 Å². The molecule has 1 saturated heterocycles. The van der Waals surface area contributed by atoms with Gasteiger partial charge in [0.15, 0.2) is 5.69 Å². The van der Waals surface area contributed by atoms with Crippen LogP contribution < -0.4 is 15.0 Å². The fraction of sp³-hybridized carbons (Fsp3) is 0.361. The number of ether oxygens (including phenoxy) is 1. The minimum absolute atomic E-state index is 0.0211. The number of anilines is 1. The van der Waals surface area contributed by atoms with E-state index in [9.17, 15) is 22.8 Å². The highest BCUT2D eigenvalue weighted by Gasteiger charge is 2.39. The van der Waals surface area contributed by atoms with Crippen LogP contribution >= 0.6 is 0 Å². The number of carbonyl (C=O) groups is 2. The normalized spacial score (nSPS) is 15.8. The molecule has 0 spiro atoms. The number of hydrogen-bond acceptors (Lipinski definition) is 7. The molecule has 0 unspecified atom stereocenters. The summed E-state index contributed by atoms with van der Waals surface area (Å²) < 4.78 is 51.2. The van der Waals surface area contributed by atoms with E-state index >= 15 is 0 Å². The Labute approximate surface area is 286 Å². The second-order valence-corrected chi connectivity index (χ2v) is 13.1. The molecule has 0 saturated carbocycles. The summed E-state index contributed by atoms with van der Waals surface area (Å²) in [6.07, 6.45) is 3.57. The van der Waals surface area contributed by atoms with Crippen molar-refractivity contribution in [2.75, 3.05) is 38.7 Å². The quantitative estimate of drug-likeness (QED) is 0.249. The number of likely N-dealkylation sites (tertiary alicyclic amines) is 1. The highest BCUT2D eigenvalue weighted by Crippen LogP contribution is 2.41. The van der Waals surface area contributed by atoms with Crippen molar-refractivity contribution in [1.82, 2.24) is 34.5 Å². The van der Waals surface area contributed by atoms with Crippen LogP contribution in [-0.4, -0.2) is 80.9 Å². The Balaban J connectivity index is 1.33. The van der Waals surface area contributed by atoms with Crippen LogP contribution in [0.2, 0.25) is 0 Å². The van der Waals surface area contributed by atoms with Crippen LogP contribution in [0.4, 0.5) is 18.9 Å². The Bertz CT molecular complexity index is 2100. The molecular weight excluding hydrogens is 649 g/mol. The van der Waals surface area contributed by atoms with Crippen molar-refractivity contribution in [3.63, 3.8) is 0 Å². The van der Waals surface area contributed by atoms with Crippen LogP contribution in [0.5, 0.6) is 5.75 Å². The van der Waals surface area contributed by atoms with Crippen LogP contribution in [0.1, 0.15) is 56.1 Å². The summed E-state index contributed by atoms with van der Waals surface area (Å²) in [5, 5.41) is 7.47. The van der Waals surface area contributed by atoms with Crippen molar-refractivity contribution in [1.29, 1.82) is 0 Å². The third-order valence-electron chi connectivity index (χ3n) is 9.50. The summed E-state index contributed by atoms with van der Waals surface area (Å²) in [4.78, 5) is 41.0. The maximum atomic E-state index is 14.6. The number of benzene rings is 2. The van der Waals surface area contributed by atoms with Crippen LogP contribution in [0.15, 0.2) is 55.2 Å². The Hall–Kier alpha value is -5.24. The van der Waals surface area contributed by atoms with E-state index in [0.29, 0.717) is 62.4 Å². The molecule has 2 aliphatic rings. The number of nitrogens with zero attached hydrogens (tertiary/aromatic N) is 7. The maximum absolute atomic E-state index is 14.6. The molecule has 1 N–H and O–H groups in total. The summed E-state index contributed by atoms with van der Waals surface area (Å²) in [6, 6.07) is 8.69. The van der Waals surface area contributed by atoms with Crippen LogP contribution in [-0.2, 0) is 26.2 Å². The number of piperidine rings is 1. The van der Waals surface area contributed by atoms with Gasteiger partial charge in [-0.05, 0) is 93.3 Å². The molecule has 11 nitrogen and oxygen atoms in total. The summed E-state index contributed by atoms with van der Waals surface area (Å²) in [5.41, 5.74) is 2.59. The lowest BCUT2D eigenvalue weighted by molar-refractivity contribution is -0.141. The molecule has 2 aromatic carbocycles. The number of rotatable bonds is 7. The topological polar surface area (TPSA) is 110 Å². The molecule has 0 atom stereocenters. The van der Waals surface area contributed by atoms with E-state index in [2.05, 4.69) is 27.3 Å². The van der Waals surface area contributed by atoms with E-state index in [0.717, 1.165) is 30.6 Å². The van der Waals surface area contributed by atoms with E-state index < -0.39 is 11.9 Å². The fourth-order valence-electron chi connectivity index (χ4n) is 7.05. The molecule has 5 aromatic rings. The average Bonchev–Trinajstić information content (AvgIpc) is 3.74. The predicted molar refractivity (Wildman–Crippen MR) is 181 cm³/mol. The third-order valence-corrected chi connectivity index (χ3v) is 9.50. The van der Waals surface area contributed by atoms with Crippen molar-refractivity contribution in [3.05, 3.63) is 88.9 Å². The number of pyridine rings is 1. The molecule has 5 heterocycles. The van der Waals surface area contributed by atoms with E-state index in [4.69, 9.17) is 9.72 Å². The zero-order valence-corrected chi connectivity index (χ0v) is 28.2. The zero-order valence-electron chi connectivity index (χ0n) is 28.2. The Morgan fingerprint density at radius 2 is 1.80 bits per heavy atom. The molecule has 7 rings (SSSR count). The number of fused-ring (bicyclic) bond motifs is 2. The number of aryl methyl sites for hydroxylation is 2. The fourth-order valence-corrected chi connectivity index (χ4v) is 7.05. The largest absolute Gasteiger partial charge is 0.497 e. The first kappa shape index (κ1) is 33.3. The number of nitrogens with one attached hydrogen (secondary N) is 1. The SMILES string of the molecule is COc1cc(C(=O)NC2CCN(C)CC2)c2nc(C)cc(N3CCc4c(cc(Cn5ccnc5)cc4-c4cn(C)nc4C(F)(F)F)C3=O)c2c1. The van der Waals surface area contributed by atoms with E-state index in [1.807, 2.05) is 0 Å². The molecule has 2 aliphatic heterocycles. The van der Waals surface area contributed by atoms with Gasteiger partial charge in [0, 0.05) is 67.0 Å². The number of imidazole rings is 1. The second-order valence-electron chi connectivity index (χ2n) is 13.1. The van der Waals surface area contributed by atoms with Crippen molar-refractivity contribution < 1.29 is 27.5 Å². The van der Waals surface area contributed by atoms with E-state index in [-0.39, 0.29) is 36.4 Å². The van der Waals surface area contributed by atoms with Crippen molar-refractivity contribution in [2.45, 2.75) is 44.9 Å². The minimum atomic E-state index is -4.70. The monoisotopic (exact) mass is 686 g/mol. The minimum Gasteiger partial charge on any atom is -0.497 e. The molecule has 2 amide bonds. The number of carbonyl (C=O) groups excluding carboxylic acids is 2. The number of hydrogen-bond donors (Lipinski definition) is 1. The van der Waals surface area contributed by atoms with E-state index in [1.54, 1.807) is 65.4 Å². The third kappa shape index (κ3) is 6.30. The molecule has 3 aromatic heterocycles. The predicted octanol–water partition coefficient (Wildman–Crippen LogP) is 5.24.